The maximum atomic E-state index is 11.9. The molecular weight excluding hydrogens is 266 g/mol. The van der Waals surface area contributed by atoms with Gasteiger partial charge >= 0.3 is 0 Å². The zero-order chi connectivity index (χ0) is 14.6. The zero-order valence-electron chi connectivity index (χ0n) is 11.6. The van der Waals surface area contributed by atoms with Crippen molar-refractivity contribution in [3.8, 4) is 0 Å². The van der Waals surface area contributed by atoms with Gasteiger partial charge in [-0.25, -0.2) is 12.7 Å². The lowest BCUT2D eigenvalue weighted by Gasteiger charge is -2.11. The summed E-state index contributed by atoms with van der Waals surface area (Å²) in [7, 11) is -0.356. The smallest absolute Gasteiger partial charge is 0.251 e. The summed E-state index contributed by atoms with van der Waals surface area (Å²) < 4.78 is 24.2. The van der Waals surface area contributed by atoms with Crippen LogP contribution in [0.3, 0.4) is 0 Å². The van der Waals surface area contributed by atoms with Gasteiger partial charge in [-0.1, -0.05) is 0 Å². The molecule has 0 radical (unpaired) electrons. The average Bonchev–Trinajstić information content (AvgIpc) is 2.27. The van der Waals surface area contributed by atoms with Gasteiger partial charge in [0.15, 0.2) is 0 Å². The minimum Gasteiger partial charge on any atom is -0.351 e. The molecule has 0 atom stereocenters. The van der Waals surface area contributed by atoms with Gasteiger partial charge in [0.2, 0.25) is 10.0 Å². The van der Waals surface area contributed by atoms with Gasteiger partial charge in [0, 0.05) is 37.6 Å². The average molecular weight is 285 g/mol. The van der Waals surface area contributed by atoms with Crippen LogP contribution < -0.4 is 5.32 Å². The Hall–Kier alpha value is -1.47. The Morgan fingerprint density at radius 1 is 1.26 bits per heavy atom. The molecule has 1 aromatic heterocycles. The van der Waals surface area contributed by atoms with Crippen molar-refractivity contribution in [2.75, 3.05) is 26.4 Å². The monoisotopic (exact) mass is 285 g/mol. The molecule has 0 saturated heterocycles. The normalized spacial score (nSPS) is 11.6. The molecule has 1 rings (SSSR count). The molecule has 0 aliphatic carbocycles. The van der Waals surface area contributed by atoms with Crippen LogP contribution in [0.1, 0.15) is 21.7 Å². The molecule has 0 fully saturated rings. The summed E-state index contributed by atoms with van der Waals surface area (Å²) in [6, 6.07) is 3.34. The van der Waals surface area contributed by atoms with Crippen molar-refractivity contribution in [1.82, 2.24) is 14.6 Å². The second kappa shape index (κ2) is 6.12. The van der Waals surface area contributed by atoms with E-state index >= 15 is 0 Å². The number of carbonyl (C=O) groups is 1. The van der Waals surface area contributed by atoms with Crippen molar-refractivity contribution in [3.63, 3.8) is 0 Å². The molecule has 1 amide bonds. The third-order valence-corrected chi connectivity index (χ3v) is 4.38. The van der Waals surface area contributed by atoms with E-state index in [1.807, 2.05) is 0 Å². The zero-order valence-corrected chi connectivity index (χ0v) is 12.4. The van der Waals surface area contributed by atoms with Gasteiger partial charge in [0.25, 0.3) is 5.91 Å². The largest absolute Gasteiger partial charge is 0.351 e. The van der Waals surface area contributed by atoms with Crippen LogP contribution in [0.25, 0.3) is 0 Å². The second-order valence-corrected chi connectivity index (χ2v) is 6.80. The van der Waals surface area contributed by atoms with Crippen LogP contribution in [-0.2, 0) is 10.0 Å². The van der Waals surface area contributed by atoms with Crippen LogP contribution in [0.2, 0.25) is 0 Å². The number of hydrogen-bond donors (Lipinski definition) is 1. The summed E-state index contributed by atoms with van der Waals surface area (Å²) in [4.78, 5) is 16.0. The number of hydrogen-bond acceptors (Lipinski definition) is 4. The van der Waals surface area contributed by atoms with Gasteiger partial charge in [-0.15, -0.1) is 0 Å². The molecule has 0 aromatic carbocycles. The topological polar surface area (TPSA) is 79.4 Å². The summed E-state index contributed by atoms with van der Waals surface area (Å²) in [5.74, 6) is -0.406. The van der Waals surface area contributed by atoms with Gasteiger partial charge in [-0.3, -0.25) is 9.78 Å². The van der Waals surface area contributed by atoms with E-state index in [1.54, 1.807) is 26.0 Å². The van der Waals surface area contributed by atoms with Crippen molar-refractivity contribution in [1.29, 1.82) is 0 Å². The minimum atomic E-state index is -3.29. The molecule has 6 nitrogen and oxygen atoms in total. The maximum absolute atomic E-state index is 11.9. The van der Waals surface area contributed by atoms with Crippen LogP contribution in [0, 0.1) is 13.8 Å². The third kappa shape index (κ3) is 4.60. The number of aromatic nitrogens is 1. The van der Waals surface area contributed by atoms with E-state index < -0.39 is 10.0 Å². The Morgan fingerprint density at radius 2 is 1.79 bits per heavy atom. The number of aryl methyl sites for hydroxylation is 2. The summed E-state index contributed by atoms with van der Waals surface area (Å²) >= 11 is 0. The Kier molecular flexibility index (Phi) is 5.02. The molecule has 0 aliphatic rings. The first-order chi connectivity index (χ1) is 8.72. The SMILES string of the molecule is Cc1cc(C(=O)NCCS(=O)(=O)N(C)C)cc(C)n1. The Morgan fingerprint density at radius 3 is 2.26 bits per heavy atom. The molecule has 1 N–H and O–H groups in total. The van der Waals surface area contributed by atoms with Crippen LogP contribution in [0.4, 0.5) is 0 Å². The number of rotatable bonds is 5. The molecule has 0 bridgehead atoms. The number of amides is 1. The molecule has 0 unspecified atom stereocenters. The molecule has 19 heavy (non-hydrogen) atoms. The second-order valence-electron chi connectivity index (χ2n) is 4.49. The fraction of sp³-hybridized carbons (Fsp3) is 0.500. The first-order valence-corrected chi connectivity index (χ1v) is 7.47. The predicted octanol–water partition coefficient (Wildman–Crippen LogP) is 0.320. The first-order valence-electron chi connectivity index (χ1n) is 5.86. The van der Waals surface area contributed by atoms with E-state index in [1.165, 1.54) is 14.1 Å². The fourth-order valence-electron chi connectivity index (χ4n) is 1.54. The van der Waals surface area contributed by atoms with E-state index in [-0.39, 0.29) is 18.2 Å². The van der Waals surface area contributed by atoms with Crippen molar-refractivity contribution >= 4 is 15.9 Å². The molecular formula is C12H19N3O3S. The van der Waals surface area contributed by atoms with E-state index in [2.05, 4.69) is 10.3 Å². The fourth-order valence-corrected chi connectivity index (χ4v) is 2.27. The Balaban J connectivity index is 2.62. The van der Waals surface area contributed by atoms with E-state index in [9.17, 15) is 13.2 Å². The van der Waals surface area contributed by atoms with Gasteiger partial charge in [0.05, 0.1) is 5.75 Å². The number of pyridine rings is 1. The summed E-state index contributed by atoms with van der Waals surface area (Å²) in [6.07, 6.45) is 0. The molecule has 0 saturated carbocycles. The summed E-state index contributed by atoms with van der Waals surface area (Å²) in [5.41, 5.74) is 2.00. The molecule has 0 aliphatic heterocycles. The molecule has 7 heteroatoms. The lowest BCUT2D eigenvalue weighted by Crippen LogP contribution is -2.34. The van der Waals surface area contributed by atoms with Crippen molar-refractivity contribution in [2.24, 2.45) is 0 Å². The van der Waals surface area contributed by atoms with E-state index in [0.29, 0.717) is 5.56 Å². The highest BCUT2D eigenvalue weighted by atomic mass is 32.2. The number of sulfonamides is 1. The summed E-state index contributed by atoms with van der Waals surface area (Å²) in [6.45, 7) is 3.69. The van der Waals surface area contributed by atoms with Gasteiger partial charge < -0.3 is 5.32 Å². The number of nitrogens with zero attached hydrogens (tertiary/aromatic N) is 2. The quantitative estimate of drug-likeness (QED) is 0.845. The summed E-state index contributed by atoms with van der Waals surface area (Å²) in [5, 5.41) is 2.59. The lowest BCUT2D eigenvalue weighted by molar-refractivity contribution is 0.0955. The molecule has 106 valence electrons. The van der Waals surface area contributed by atoms with Gasteiger partial charge in [-0.2, -0.15) is 0 Å². The molecule has 1 aromatic rings. The minimum absolute atomic E-state index is 0.0831. The Bertz CT molecular complexity index is 547. The highest BCUT2D eigenvalue weighted by Crippen LogP contribution is 2.04. The van der Waals surface area contributed by atoms with Crippen molar-refractivity contribution in [2.45, 2.75) is 13.8 Å². The lowest BCUT2D eigenvalue weighted by atomic mass is 10.2. The van der Waals surface area contributed by atoms with E-state index in [0.717, 1.165) is 15.7 Å². The number of carbonyl (C=O) groups excluding carboxylic acids is 1. The van der Waals surface area contributed by atoms with Crippen LogP contribution >= 0.6 is 0 Å². The highest BCUT2D eigenvalue weighted by molar-refractivity contribution is 7.89. The van der Waals surface area contributed by atoms with Gasteiger partial charge in [-0.05, 0) is 26.0 Å². The first kappa shape index (κ1) is 15.6. The van der Waals surface area contributed by atoms with E-state index in [4.69, 9.17) is 0 Å². The predicted molar refractivity (Wildman–Crippen MR) is 73.5 cm³/mol. The van der Waals surface area contributed by atoms with Crippen molar-refractivity contribution in [3.05, 3.63) is 29.1 Å². The third-order valence-electron chi connectivity index (χ3n) is 2.55. The number of nitrogens with one attached hydrogen (secondary N) is 1. The standard InChI is InChI=1S/C12H19N3O3S/c1-9-7-11(8-10(2)14-9)12(16)13-5-6-19(17,18)15(3)4/h7-8H,5-6H2,1-4H3,(H,13,16). The highest BCUT2D eigenvalue weighted by Gasteiger charge is 2.14. The van der Waals surface area contributed by atoms with Crippen LogP contribution in [-0.4, -0.2) is 50.0 Å². The molecule has 1 heterocycles. The van der Waals surface area contributed by atoms with Gasteiger partial charge in [0.1, 0.15) is 0 Å². The van der Waals surface area contributed by atoms with Crippen LogP contribution in [0.5, 0.6) is 0 Å². The van der Waals surface area contributed by atoms with Crippen molar-refractivity contribution < 1.29 is 13.2 Å². The maximum Gasteiger partial charge on any atom is 0.251 e. The van der Waals surface area contributed by atoms with Crippen LogP contribution in [0.15, 0.2) is 12.1 Å². The Labute approximate surface area is 113 Å². The molecule has 0 spiro atoms.